The summed E-state index contributed by atoms with van der Waals surface area (Å²) < 4.78 is 5.49. The molecule has 1 atom stereocenters. The fourth-order valence-corrected chi connectivity index (χ4v) is 2.27. The van der Waals surface area contributed by atoms with Crippen molar-refractivity contribution >= 4 is 17.9 Å². The van der Waals surface area contributed by atoms with Gasteiger partial charge in [0, 0.05) is 20.6 Å². The van der Waals surface area contributed by atoms with E-state index in [4.69, 9.17) is 4.74 Å². The summed E-state index contributed by atoms with van der Waals surface area (Å²) in [5.74, 6) is -0.452. The van der Waals surface area contributed by atoms with Gasteiger partial charge >= 0.3 is 6.09 Å². The van der Waals surface area contributed by atoms with Crippen LogP contribution < -0.4 is 10.6 Å². The Balaban J connectivity index is 4.91. The fraction of sp³-hybridized carbons (Fsp3) is 0.737. The molecule has 0 aromatic carbocycles. The van der Waals surface area contributed by atoms with Gasteiger partial charge in [-0.25, -0.2) is 4.79 Å². The quantitative estimate of drug-likeness (QED) is 0.386. The van der Waals surface area contributed by atoms with Crippen LogP contribution in [-0.4, -0.2) is 56.1 Å². The summed E-state index contributed by atoms with van der Waals surface area (Å²) in [6, 6.07) is 0. The van der Waals surface area contributed by atoms with Gasteiger partial charge in [0.25, 0.3) is 0 Å². The van der Waals surface area contributed by atoms with E-state index in [9.17, 15) is 14.4 Å². The lowest BCUT2D eigenvalue weighted by Gasteiger charge is -2.24. The predicted octanol–water partition coefficient (Wildman–Crippen LogP) is 2.61. The molecular weight excluding hydrogens is 334 g/mol. The first kappa shape index (κ1) is 23.9. The highest BCUT2D eigenvalue weighted by molar-refractivity contribution is 5.82. The maximum Gasteiger partial charge on any atom is 0.410 e. The molecule has 1 unspecified atom stereocenters. The van der Waals surface area contributed by atoms with Crippen LogP contribution in [-0.2, 0) is 14.3 Å². The zero-order valence-electron chi connectivity index (χ0n) is 16.7. The summed E-state index contributed by atoms with van der Waals surface area (Å²) in [6.45, 7) is 4.57. The Morgan fingerprint density at radius 3 is 2.27 bits per heavy atom. The minimum Gasteiger partial charge on any atom is -0.441 e. The van der Waals surface area contributed by atoms with Gasteiger partial charge in [-0.1, -0.05) is 45.6 Å². The highest BCUT2D eigenvalue weighted by Crippen LogP contribution is 2.09. The van der Waals surface area contributed by atoms with Crippen molar-refractivity contribution in [3.63, 3.8) is 0 Å². The topological polar surface area (TPSA) is 87.7 Å². The second kappa shape index (κ2) is 15.2. The lowest BCUT2D eigenvalue weighted by atomic mass is 10.2. The lowest BCUT2D eigenvalue weighted by molar-refractivity contribution is -0.123. The minimum atomic E-state index is -0.642. The summed E-state index contributed by atoms with van der Waals surface area (Å²) in [5, 5.41) is 5.06. The molecule has 0 spiro atoms. The number of carbonyl (C=O) groups is 3. The van der Waals surface area contributed by atoms with Gasteiger partial charge in [-0.3, -0.25) is 14.5 Å². The standard InChI is InChI=1S/C19H35N3O4/c1-5-7-9-11-13-22(15-18(24)21-4)19(25)26-16(12-10-8-6-2)14-17(23)20-3/h10,12,16H,5-9,11,13-15H2,1-4H3,(H,20,23)(H,21,24)/b12-10-. The van der Waals surface area contributed by atoms with Gasteiger partial charge in [-0.15, -0.1) is 0 Å². The van der Waals surface area contributed by atoms with Crippen molar-refractivity contribution < 1.29 is 19.1 Å². The SMILES string of the molecule is CCC/C=C\C(CC(=O)NC)OC(=O)N(CCCCCC)CC(=O)NC. The van der Waals surface area contributed by atoms with Crippen LogP contribution in [0.25, 0.3) is 0 Å². The number of amides is 3. The monoisotopic (exact) mass is 369 g/mol. The Kier molecular flexibility index (Phi) is 14.0. The molecule has 150 valence electrons. The van der Waals surface area contributed by atoms with Gasteiger partial charge in [0.2, 0.25) is 11.8 Å². The Morgan fingerprint density at radius 2 is 1.69 bits per heavy atom. The number of likely N-dealkylation sites (N-methyl/N-ethyl adjacent to an activating group) is 1. The van der Waals surface area contributed by atoms with E-state index in [0.717, 1.165) is 38.5 Å². The molecule has 0 radical (unpaired) electrons. The van der Waals surface area contributed by atoms with Crippen LogP contribution in [0.2, 0.25) is 0 Å². The number of unbranched alkanes of at least 4 members (excludes halogenated alkanes) is 4. The molecule has 26 heavy (non-hydrogen) atoms. The first-order valence-electron chi connectivity index (χ1n) is 9.51. The largest absolute Gasteiger partial charge is 0.441 e. The molecular formula is C19H35N3O4. The Morgan fingerprint density at radius 1 is 1.00 bits per heavy atom. The molecule has 0 rings (SSSR count). The number of rotatable bonds is 13. The van der Waals surface area contributed by atoms with Crippen molar-refractivity contribution in [1.82, 2.24) is 15.5 Å². The van der Waals surface area contributed by atoms with Gasteiger partial charge in [-0.2, -0.15) is 0 Å². The van der Waals surface area contributed by atoms with Crippen LogP contribution in [0, 0.1) is 0 Å². The molecule has 0 aliphatic rings. The van der Waals surface area contributed by atoms with E-state index in [1.54, 1.807) is 13.1 Å². The molecule has 3 amide bonds. The number of carbonyl (C=O) groups excluding carboxylic acids is 3. The molecule has 0 aromatic rings. The Bertz CT molecular complexity index is 452. The average Bonchev–Trinajstić information content (AvgIpc) is 2.63. The average molecular weight is 370 g/mol. The number of nitrogens with one attached hydrogen (secondary N) is 2. The molecule has 2 N–H and O–H groups in total. The second-order valence-corrected chi connectivity index (χ2v) is 6.17. The molecule has 0 saturated carbocycles. The van der Waals surface area contributed by atoms with E-state index < -0.39 is 12.2 Å². The maximum absolute atomic E-state index is 12.5. The number of allylic oxidation sites excluding steroid dienone is 1. The van der Waals surface area contributed by atoms with E-state index in [1.165, 1.54) is 11.9 Å². The molecule has 0 fully saturated rings. The van der Waals surface area contributed by atoms with Crippen molar-refractivity contribution in [3.8, 4) is 0 Å². The van der Waals surface area contributed by atoms with Crippen LogP contribution in [0.3, 0.4) is 0 Å². The van der Waals surface area contributed by atoms with E-state index in [1.807, 2.05) is 13.0 Å². The van der Waals surface area contributed by atoms with Crippen molar-refractivity contribution in [2.45, 2.75) is 64.9 Å². The Labute approximate surface area is 157 Å². The molecule has 0 saturated heterocycles. The van der Waals surface area contributed by atoms with Crippen LogP contribution in [0.15, 0.2) is 12.2 Å². The maximum atomic E-state index is 12.5. The third-order valence-electron chi connectivity index (χ3n) is 3.88. The van der Waals surface area contributed by atoms with Crippen LogP contribution in [0.5, 0.6) is 0 Å². The molecule has 7 nitrogen and oxygen atoms in total. The third-order valence-corrected chi connectivity index (χ3v) is 3.88. The lowest BCUT2D eigenvalue weighted by Crippen LogP contribution is -2.42. The summed E-state index contributed by atoms with van der Waals surface area (Å²) in [6.07, 6.45) is 8.30. The fourth-order valence-electron chi connectivity index (χ4n) is 2.27. The van der Waals surface area contributed by atoms with E-state index in [2.05, 4.69) is 17.6 Å². The van der Waals surface area contributed by atoms with Crippen molar-refractivity contribution in [3.05, 3.63) is 12.2 Å². The first-order chi connectivity index (χ1) is 12.5. The Hall–Kier alpha value is -2.05. The molecule has 0 aromatic heterocycles. The van der Waals surface area contributed by atoms with Crippen molar-refractivity contribution in [2.75, 3.05) is 27.2 Å². The van der Waals surface area contributed by atoms with Gasteiger partial charge in [0.15, 0.2) is 0 Å². The van der Waals surface area contributed by atoms with Crippen molar-refractivity contribution in [1.29, 1.82) is 0 Å². The van der Waals surface area contributed by atoms with Crippen molar-refractivity contribution in [2.24, 2.45) is 0 Å². The van der Waals surface area contributed by atoms with Crippen LogP contribution >= 0.6 is 0 Å². The highest BCUT2D eigenvalue weighted by Gasteiger charge is 2.22. The van der Waals surface area contributed by atoms with Crippen LogP contribution in [0.4, 0.5) is 4.79 Å². The number of ether oxygens (including phenoxy) is 1. The van der Waals surface area contributed by atoms with Crippen LogP contribution in [0.1, 0.15) is 58.8 Å². The molecule has 0 heterocycles. The smallest absolute Gasteiger partial charge is 0.410 e. The first-order valence-corrected chi connectivity index (χ1v) is 9.51. The number of hydrogen-bond donors (Lipinski definition) is 2. The van der Waals surface area contributed by atoms with Gasteiger partial charge in [0.1, 0.15) is 12.6 Å². The summed E-state index contributed by atoms with van der Waals surface area (Å²) >= 11 is 0. The van der Waals surface area contributed by atoms with Gasteiger partial charge in [0.05, 0.1) is 6.42 Å². The van der Waals surface area contributed by atoms with Gasteiger partial charge in [-0.05, 0) is 18.9 Å². The second-order valence-electron chi connectivity index (χ2n) is 6.17. The zero-order valence-corrected chi connectivity index (χ0v) is 16.7. The van der Waals surface area contributed by atoms with E-state index in [0.29, 0.717) is 6.54 Å². The summed E-state index contributed by atoms with van der Waals surface area (Å²) in [4.78, 5) is 37.3. The summed E-state index contributed by atoms with van der Waals surface area (Å²) in [5.41, 5.74) is 0. The van der Waals surface area contributed by atoms with Gasteiger partial charge < -0.3 is 15.4 Å². The normalized spacial score (nSPS) is 11.8. The molecule has 0 aliphatic heterocycles. The molecule has 7 heteroatoms. The summed E-state index contributed by atoms with van der Waals surface area (Å²) in [7, 11) is 3.08. The molecule has 0 bridgehead atoms. The number of nitrogens with zero attached hydrogens (tertiary/aromatic N) is 1. The van der Waals surface area contributed by atoms with E-state index in [-0.39, 0.29) is 24.8 Å². The van der Waals surface area contributed by atoms with E-state index >= 15 is 0 Å². The third kappa shape index (κ3) is 11.5. The zero-order chi connectivity index (χ0) is 19.8. The predicted molar refractivity (Wildman–Crippen MR) is 103 cm³/mol. The molecule has 0 aliphatic carbocycles. The minimum absolute atomic E-state index is 0.0488. The number of hydrogen-bond acceptors (Lipinski definition) is 4. The highest BCUT2D eigenvalue weighted by atomic mass is 16.6.